The maximum absolute atomic E-state index is 13.2. The molecule has 0 saturated heterocycles. The Morgan fingerprint density at radius 2 is 2.00 bits per heavy atom. The van der Waals surface area contributed by atoms with Gasteiger partial charge in [-0.2, -0.15) is 18.3 Å². The molecule has 1 unspecified atom stereocenters. The molecule has 0 N–H and O–H groups in total. The number of nitrogens with zero attached hydrogens (tertiary/aromatic N) is 2. The van der Waals surface area contributed by atoms with Crippen LogP contribution in [-0.2, 0) is 10.9 Å². The lowest BCUT2D eigenvalue weighted by atomic mass is 10.1. The van der Waals surface area contributed by atoms with Crippen molar-refractivity contribution >= 4 is 11.6 Å². The van der Waals surface area contributed by atoms with Crippen LogP contribution in [0.15, 0.2) is 30.5 Å². The summed E-state index contributed by atoms with van der Waals surface area (Å²) in [6.07, 6.45) is -3.53. The number of methoxy groups -OCH3 is 1. The van der Waals surface area contributed by atoms with Gasteiger partial charge in [0.05, 0.1) is 28.1 Å². The highest BCUT2D eigenvalue weighted by Crippen LogP contribution is 2.39. The molecule has 2 aromatic rings. The number of hydrogen-bond donors (Lipinski definition) is 0. The third kappa shape index (κ3) is 2.66. The molecule has 0 bridgehead atoms. The molecule has 0 saturated carbocycles. The van der Waals surface area contributed by atoms with Crippen LogP contribution in [0, 0.1) is 0 Å². The van der Waals surface area contributed by atoms with Crippen LogP contribution in [0.25, 0.3) is 5.69 Å². The minimum Gasteiger partial charge on any atom is -0.375 e. The fourth-order valence-corrected chi connectivity index (χ4v) is 2.19. The average molecular weight is 305 g/mol. The first-order valence-corrected chi connectivity index (χ1v) is 6.17. The SMILES string of the molecule is COC(C)c1ccnn1-c1cccc(Cl)c1C(F)(F)F. The van der Waals surface area contributed by atoms with Crippen molar-refractivity contribution in [2.75, 3.05) is 7.11 Å². The molecule has 108 valence electrons. The van der Waals surface area contributed by atoms with Crippen molar-refractivity contribution in [1.29, 1.82) is 0 Å². The predicted molar refractivity (Wildman–Crippen MR) is 69.0 cm³/mol. The summed E-state index contributed by atoms with van der Waals surface area (Å²) in [6, 6.07) is 5.59. The fraction of sp³-hybridized carbons (Fsp3) is 0.308. The minimum absolute atomic E-state index is 0.117. The van der Waals surface area contributed by atoms with Gasteiger partial charge in [0.15, 0.2) is 0 Å². The molecule has 1 aromatic heterocycles. The van der Waals surface area contributed by atoms with Gasteiger partial charge in [0.25, 0.3) is 0 Å². The molecule has 1 heterocycles. The van der Waals surface area contributed by atoms with Crippen LogP contribution in [0.1, 0.15) is 24.3 Å². The number of rotatable bonds is 3. The number of aromatic nitrogens is 2. The zero-order chi connectivity index (χ0) is 14.9. The highest BCUT2D eigenvalue weighted by Gasteiger charge is 2.37. The largest absolute Gasteiger partial charge is 0.419 e. The number of ether oxygens (including phenoxy) is 1. The van der Waals surface area contributed by atoms with Gasteiger partial charge in [-0.05, 0) is 25.1 Å². The van der Waals surface area contributed by atoms with E-state index in [9.17, 15) is 13.2 Å². The number of benzene rings is 1. The van der Waals surface area contributed by atoms with Gasteiger partial charge in [0, 0.05) is 13.3 Å². The maximum atomic E-state index is 13.2. The summed E-state index contributed by atoms with van der Waals surface area (Å²) in [7, 11) is 1.48. The Morgan fingerprint density at radius 3 is 2.60 bits per heavy atom. The second-order valence-electron chi connectivity index (χ2n) is 4.18. The van der Waals surface area contributed by atoms with E-state index in [1.54, 1.807) is 13.0 Å². The van der Waals surface area contributed by atoms with E-state index in [4.69, 9.17) is 16.3 Å². The van der Waals surface area contributed by atoms with E-state index in [1.165, 1.54) is 36.2 Å². The van der Waals surface area contributed by atoms with Gasteiger partial charge in [0.2, 0.25) is 0 Å². The van der Waals surface area contributed by atoms with E-state index in [1.807, 2.05) is 0 Å². The first-order valence-electron chi connectivity index (χ1n) is 5.79. The molecule has 3 nitrogen and oxygen atoms in total. The van der Waals surface area contributed by atoms with Crippen molar-refractivity contribution in [2.24, 2.45) is 0 Å². The second-order valence-corrected chi connectivity index (χ2v) is 4.58. The molecule has 20 heavy (non-hydrogen) atoms. The highest BCUT2D eigenvalue weighted by atomic mass is 35.5. The molecule has 2 rings (SSSR count). The van der Waals surface area contributed by atoms with Crippen LogP contribution in [-0.4, -0.2) is 16.9 Å². The van der Waals surface area contributed by atoms with Crippen molar-refractivity contribution in [2.45, 2.75) is 19.2 Å². The van der Waals surface area contributed by atoms with Crippen LogP contribution in [0.2, 0.25) is 5.02 Å². The second kappa shape index (κ2) is 5.46. The Bertz CT molecular complexity index is 610. The lowest BCUT2D eigenvalue weighted by Crippen LogP contribution is -2.15. The third-order valence-electron chi connectivity index (χ3n) is 2.95. The van der Waals surface area contributed by atoms with E-state index < -0.39 is 17.8 Å². The summed E-state index contributed by atoms with van der Waals surface area (Å²) < 4.78 is 45.8. The lowest BCUT2D eigenvalue weighted by molar-refractivity contribution is -0.137. The molecule has 0 radical (unpaired) electrons. The van der Waals surface area contributed by atoms with Crippen LogP contribution in [0.5, 0.6) is 0 Å². The normalized spacial score (nSPS) is 13.5. The Hall–Kier alpha value is -1.53. The van der Waals surface area contributed by atoms with Crippen LogP contribution >= 0.6 is 11.6 Å². The van der Waals surface area contributed by atoms with Gasteiger partial charge in [-0.3, -0.25) is 0 Å². The molecule has 0 aliphatic carbocycles. The molecule has 0 aliphatic heterocycles. The molecule has 0 aliphatic rings. The molecule has 0 spiro atoms. The zero-order valence-electron chi connectivity index (χ0n) is 10.8. The van der Waals surface area contributed by atoms with Crippen LogP contribution in [0.3, 0.4) is 0 Å². The summed E-state index contributed by atoms with van der Waals surface area (Å²) in [4.78, 5) is 0. The predicted octanol–water partition coefficient (Wildman–Crippen LogP) is 4.25. The van der Waals surface area contributed by atoms with Crippen molar-refractivity contribution < 1.29 is 17.9 Å². The van der Waals surface area contributed by atoms with Crippen LogP contribution in [0.4, 0.5) is 13.2 Å². The van der Waals surface area contributed by atoms with Gasteiger partial charge in [-0.1, -0.05) is 17.7 Å². The standard InChI is InChI=1S/C13H12ClF3N2O/c1-8(20-2)10-6-7-18-19(10)11-5-3-4-9(14)12(11)13(15,16)17/h3-8H,1-2H3. The van der Waals surface area contributed by atoms with Crippen molar-refractivity contribution in [3.63, 3.8) is 0 Å². The smallest absolute Gasteiger partial charge is 0.375 e. The summed E-state index contributed by atoms with van der Waals surface area (Å²) in [5.41, 5.74) is -0.510. The minimum atomic E-state index is -4.56. The quantitative estimate of drug-likeness (QED) is 0.847. The van der Waals surface area contributed by atoms with Gasteiger partial charge in [0.1, 0.15) is 0 Å². The molecule has 0 amide bonds. The molecular formula is C13H12ClF3N2O. The van der Waals surface area contributed by atoms with E-state index in [2.05, 4.69) is 5.10 Å². The Balaban J connectivity index is 2.66. The van der Waals surface area contributed by atoms with Gasteiger partial charge < -0.3 is 4.74 Å². The Kier molecular flexibility index (Phi) is 4.06. The van der Waals surface area contributed by atoms with Gasteiger partial charge in [-0.15, -0.1) is 0 Å². The van der Waals surface area contributed by atoms with E-state index in [0.717, 1.165) is 0 Å². The monoisotopic (exact) mass is 304 g/mol. The Morgan fingerprint density at radius 1 is 1.30 bits per heavy atom. The summed E-state index contributed by atoms with van der Waals surface area (Å²) in [5, 5.41) is 3.59. The molecule has 0 fully saturated rings. The van der Waals surface area contributed by atoms with Gasteiger partial charge in [-0.25, -0.2) is 4.68 Å². The topological polar surface area (TPSA) is 27.1 Å². The van der Waals surface area contributed by atoms with E-state index in [0.29, 0.717) is 5.69 Å². The third-order valence-corrected chi connectivity index (χ3v) is 3.26. The molecule has 7 heteroatoms. The molecule has 1 atom stereocenters. The van der Waals surface area contributed by atoms with E-state index >= 15 is 0 Å². The lowest BCUT2D eigenvalue weighted by Gasteiger charge is -2.18. The first-order chi connectivity index (χ1) is 9.36. The molecular weight excluding hydrogens is 293 g/mol. The summed E-state index contributed by atoms with van der Waals surface area (Å²) in [6.45, 7) is 1.73. The van der Waals surface area contributed by atoms with Gasteiger partial charge >= 0.3 is 6.18 Å². The summed E-state index contributed by atoms with van der Waals surface area (Å²) >= 11 is 5.70. The van der Waals surface area contributed by atoms with Crippen molar-refractivity contribution in [3.8, 4) is 5.69 Å². The average Bonchev–Trinajstić information content (AvgIpc) is 2.85. The van der Waals surface area contributed by atoms with E-state index in [-0.39, 0.29) is 10.7 Å². The first kappa shape index (κ1) is 14.9. The number of hydrogen-bond acceptors (Lipinski definition) is 2. The highest BCUT2D eigenvalue weighted by molar-refractivity contribution is 6.31. The van der Waals surface area contributed by atoms with Crippen molar-refractivity contribution in [1.82, 2.24) is 9.78 Å². The zero-order valence-corrected chi connectivity index (χ0v) is 11.5. The molecule has 1 aromatic carbocycles. The summed E-state index contributed by atoms with van der Waals surface area (Å²) in [5.74, 6) is 0. The Labute approximate surface area is 118 Å². The number of alkyl halides is 3. The van der Waals surface area contributed by atoms with Crippen LogP contribution < -0.4 is 0 Å². The fourth-order valence-electron chi connectivity index (χ4n) is 1.91. The van der Waals surface area contributed by atoms with Crippen molar-refractivity contribution in [3.05, 3.63) is 46.7 Å². The maximum Gasteiger partial charge on any atom is 0.419 e. The number of halogens is 4.